The van der Waals surface area contributed by atoms with Crippen molar-refractivity contribution in [1.29, 1.82) is 0 Å². The Morgan fingerprint density at radius 3 is 2.25 bits per heavy atom. The molecule has 1 atom stereocenters. The van der Waals surface area contributed by atoms with Crippen molar-refractivity contribution in [3.05, 3.63) is 23.3 Å². The molecule has 1 aliphatic rings. The average molecular weight is 244 g/mol. The second-order valence-corrected chi connectivity index (χ2v) is 3.98. The van der Waals surface area contributed by atoms with E-state index in [1.54, 1.807) is 14.2 Å². The van der Waals surface area contributed by atoms with Crippen LogP contribution in [0.4, 0.5) is 0 Å². The standard InChI is InChI=1S/C12H17NO2.ClH/c1-14-11-6-8-3-4-10(13)5-9(8)7-12(11)15-2;/h6-7,10H,3-5,13H2,1-2H3;1H. The van der Waals surface area contributed by atoms with Gasteiger partial charge in [-0.25, -0.2) is 0 Å². The predicted octanol–water partition coefficient (Wildman–Crippen LogP) is 1.94. The number of nitrogens with two attached hydrogens (primary N) is 1. The monoisotopic (exact) mass is 243 g/mol. The number of ether oxygens (including phenoxy) is 2. The molecule has 1 aromatic carbocycles. The number of hydrogen-bond acceptors (Lipinski definition) is 3. The summed E-state index contributed by atoms with van der Waals surface area (Å²) in [6.45, 7) is 0. The third-order valence-corrected chi connectivity index (χ3v) is 2.97. The van der Waals surface area contributed by atoms with Crippen LogP contribution in [0, 0.1) is 0 Å². The molecule has 2 rings (SSSR count). The lowest BCUT2D eigenvalue weighted by Gasteiger charge is -2.22. The number of aryl methyl sites for hydroxylation is 1. The van der Waals surface area contributed by atoms with Crippen molar-refractivity contribution in [3.63, 3.8) is 0 Å². The number of fused-ring (bicyclic) bond motifs is 1. The fourth-order valence-corrected chi connectivity index (χ4v) is 2.11. The van der Waals surface area contributed by atoms with Crippen LogP contribution in [-0.4, -0.2) is 20.3 Å². The summed E-state index contributed by atoms with van der Waals surface area (Å²) in [6.07, 6.45) is 3.04. The van der Waals surface area contributed by atoms with Crippen molar-refractivity contribution in [2.45, 2.75) is 25.3 Å². The summed E-state index contributed by atoms with van der Waals surface area (Å²) in [5, 5.41) is 0. The Kier molecular flexibility index (Phi) is 4.44. The first-order valence-electron chi connectivity index (χ1n) is 5.24. The molecule has 90 valence electrons. The molecule has 0 saturated heterocycles. The summed E-state index contributed by atoms with van der Waals surface area (Å²) in [5.41, 5.74) is 8.58. The quantitative estimate of drug-likeness (QED) is 0.864. The van der Waals surface area contributed by atoms with Crippen LogP contribution in [0.1, 0.15) is 17.5 Å². The van der Waals surface area contributed by atoms with E-state index >= 15 is 0 Å². The molecule has 0 saturated carbocycles. The maximum atomic E-state index is 5.94. The normalized spacial score (nSPS) is 18.3. The van der Waals surface area contributed by atoms with Gasteiger partial charge < -0.3 is 15.2 Å². The van der Waals surface area contributed by atoms with Crippen molar-refractivity contribution in [2.75, 3.05) is 14.2 Å². The first-order valence-corrected chi connectivity index (χ1v) is 5.24. The highest BCUT2D eigenvalue weighted by Gasteiger charge is 2.18. The Hall–Kier alpha value is -0.930. The minimum Gasteiger partial charge on any atom is -0.493 e. The zero-order valence-corrected chi connectivity index (χ0v) is 10.5. The number of benzene rings is 1. The maximum Gasteiger partial charge on any atom is 0.161 e. The van der Waals surface area contributed by atoms with Gasteiger partial charge >= 0.3 is 0 Å². The van der Waals surface area contributed by atoms with Crippen molar-refractivity contribution < 1.29 is 9.47 Å². The van der Waals surface area contributed by atoms with Gasteiger partial charge in [-0.05, 0) is 42.5 Å². The van der Waals surface area contributed by atoms with Crippen molar-refractivity contribution in [2.24, 2.45) is 5.73 Å². The van der Waals surface area contributed by atoms with E-state index in [1.165, 1.54) is 11.1 Å². The van der Waals surface area contributed by atoms with Gasteiger partial charge in [0.05, 0.1) is 14.2 Å². The third kappa shape index (κ3) is 2.42. The molecule has 2 N–H and O–H groups in total. The predicted molar refractivity (Wildman–Crippen MR) is 66.8 cm³/mol. The summed E-state index contributed by atoms with van der Waals surface area (Å²) < 4.78 is 10.5. The summed E-state index contributed by atoms with van der Waals surface area (Å²) >= 11 is 0. The lowest BCUT2D eigenvalue weighted by Crippen LogP contribution is -2.27. The van der Waals surface area contributed by atoms with Crippen LogP contribution < -0.4 is 15.2 Å². The molecule has 16 heavy (non-hydrogen) atoms. The molecule has 1 aliphatic carbocycles. The van der Waals surface area contributed by atoms with E-state index in [-0.39, 0.29) is 18.4 Å². The molecular formula is C12H18ClNO2. The summed E-state index contributed by atoms with van der Waals surface area (Å²) in [6, 6.07) is 4.41. The van der Waals surface area contributed by atoms with Crippen molar-refractivity contribution in [3.8, 4) is 11.5 Å². The highest BCUT2D eigenvalue weighted by Crippen LogP contribution is 2.33. The molecule has 4 heteroatoms. The minimum atomic E-state index is 0. The van der Waals surface area contributed by atoms with Gasteiger partial charge in [-0.1, -0.05) is 0 Å². The minimum absolute atomic E-state index is 0. The van der Waals surface area contributed by atoms with Gasteiger partial charge in [0.15, 0.2) is 11.5 Å². The van der Waals surface area contributed by atoms with E-state index in [0.29, 0.717) is 0 Å². The number of halogens is 1. The zero-order valence-electron chi connectivity index (χ0n) is 9.66. The van der Waals surface area contributed by atoms with E-state index < -0.39 is 0 Å². The Morgan fingerprint density at radius 1 is 1.12 bits per heavy atom. The van der Waals surface area contributed by atoms with Crippen molar-refractivity contribution in [1.82, 2.24) is 0 Å². The van der Waals surface area contributed by atoms with Gasteiger partial charge in [-0.2, -0.15) is 0 Å². The molecule has 0 bridgehead atoms. The Bertz CT molecular complexity index is 368. The Morgan fingerprint density at radius 2 is 1.69 bits per heavy atom. The van der Waals surface area contributed by atoms with Gasteiger partial charge in [0.2, 0.25) is 0 Å². The molecule has 0 fully saturated rings. The second-order valence-electron chi connectivity index (χ2n) is 3.98. The molecule has 1 unspecified atom stereocenters. The number of methoxy groups -OCH3 is 2. The third-order valence-electron chi connectivity index (χ3n) is 2.97. The van der Waals surface area contributed by atoms with Crippen molar-refractivity contribution >= 4 is 12.4 Å². The van der Waals surface area contributed by atoms with Crippen LogP contribution in [0.3, 0.4) is 0 Å². The largest absolute Gasteiger partial charge is 0.493 e. The van der Waals surface area contributed by atoms with E-state index in [1.807, 2.05) is 6.07 Å². The molecule has 0 amide bonds. The SMILES string of the molecule is COc1cc2c(cc1OC)CC(N)CC2.Cl. The van der Waals surface area contributed by atoms with Gasteiger partial charge in [0.25, 0.3) is 0 Å². The van der Waals surface area contributed by atoms with Gasteiger partial charge in [-0.3, -0.25) is 0 Å². The summed E-state index contributed by atoms with van der Waals surface area (Å²) in [4.78, 5) is 0. The van der Waals surface area contributed by atoms with Crippen LogP contribution in [0.2, 0.25) is 0 Å². The highest BCUT2D eigenvalue weighted by atomic mass is 35.5. The Balaban J connectivity index is 0.00000128. The Labute approximate surface area is 102 Å². The van der Waals surface area contributed by atoms with Gasteiger partial charge in [0, 0.05) is 6.04 Å². The van der Waals surface area contributed by atoms with Gasteiger partial charge in [0.1, 0.15) is 0 Å². The fraction of sp³-hybridized carbons (Fsp3) is 0.500. The van der Waals surface area contributed by atoms with Gasteiger partial charge in [-0.15, -0.1) is 12.4 Å². The first-order chi connectivity index (χ1) is 7.24. The summed E-state index contributed by atoms with van der Waals surface area (Å²) in [7, 11) is 3.33. The molecule has 0 aliphatic heterocycles. The van der Waals surface area contributed by atoms with Crippen LogP contribution in [-0.2, 0) is 12.8 Å². The van der Waals surface area contributed by atoms with E-state index in [4.69, 9.17) is 15.2 Å². The molecule has 0 radical (unpaired) electrons. The molecular weight excluding hydrogens is 226 g/mol. The van der Waals surface area contributed by atoms with Crippen LogP contribution in [0.25, 0.3) is 0 Å². The van der Waals surface area contributed by atoms with Crippen LogP contribution in [0.5, 0.6) is 11.5 Å². The molecule has 0 aromatic heterocycles. The number of rotatable bonds is 2. The molecule has 0 heterocycles. The summed E-state index contributed by atoms with van der Waals surface area (Å²) in [5.74, 6) is 1.61. The highest BCUT2D eigenvalue weighted by molar-refractivity contribution is 5.85. The maximum absolute atomic E-state index is 5.94. The van der Waals surface area contributed by atoms with E-state index in [9.17, 15) is 0 Å². The molecule has 3 nitrogen and oxygen atoms in total. The second kappa shape index (κ2) is 5.41. The van der Waals surface area contributed by atoms with E-state index in [0.717, 1.165) is 30.8 Å². The first kappa shape index (κ1) is 13.1. The average Bonchev–Trinajstić information content (AvgIpc) is 2.27. The van der Waals surface area contributed by atoms with E-state index in [2.05, 4.69) is 6.07 Å². The fourth-order valence-electron chi connectivity index (χ4n) is 2.11. The topological polar surface area (TPSA) is 44.5 Å². The molecule has 0 spiro atoms. The van der Waals surface area contributed by atoms with Crippen LogP contribution in [0.15, 0.2) is 12.1 Å². The lowest BCUT2D eigenvalue weighted by molar-refractivity contribution is 0.353. The number of hydrogen-bond donors (Lipinski definition) is 1. The smallest absolute Gasteiger partial charge is 0.161 e. The van der Waals surface area contributed by atoms with Crippen LogP contribution >= 0.6 is 12.4 Å². The lowest BCUT2D eigenvalue weighted by atomic mass is 9.88. The molecule has 1 aromatic rings. The zero-order chi connectivity index (χ0) is 10.8.